The molecular weight excluding hydrogens is 236 g/mol. The average molecular weight is 253 g/mol. The van der Waals surface area contributed by atoms with E-state index in [-0.39, 0.29) is 11.7 Å². The summed E-state index contributed by atoms with van der Waals surface area (Å²) in [5.74, 6) is 0.281. The van der Waals surface area contributed by atoms with E-state index in [1.54, 1.807) is 6.92 Å². The van der Waals surface area contributed by atoms with Gasteiger partial charge in [0, 0.05) is 10.9 Å². The molecule has 2 nitrogen and oxygen atoms in total. The second kappa shape index (κ2) is 5.19. The van der Waals surface area contributed by atoms with Gasteiger partial charge in [-0.3, -0.25) is 4.79 Å². The van der Waals surface area contributed by atoms with Gasteiger partial charge >= 0.3 is 0 Å². The number of hydrogen-bond acceptors (Lipinski definition) is 2. The molecule has 1 N–H and O–H groups in total. The minimum atomic E-state index is -0.498. The van der Waals surface area contributed by atoms with Crippen LogP contribution in [0.4, 0.5) is 0 Å². The lowest BCUT2D eigenvalue weighted by atomic mass is 9.75. The standard InChI is InChI=1S/C14H17ClO2/c1-9(16)13-7-4-11(8-14(13)17)10-2-5-12(15)6-3-10/h2-3,5-6,11,13-14,17H,4,7-8H2,1H3. The maximum absolute atomic E-state index is 11.3. The van der Waals surface area contributed by atoms with Crippen LogP contribution >= 0.6 is 11.6 Å². The van der Waals surface area contributed by atoms with Crippen molar-refractivity contribution in [1.82, 2.24) is 0 Å². The lowest BCUT2D eigenvalue weighted by Gasteiger charge is -2.32. The molecule has 3 unspecified atom stereocenters. The molecule has 1 aliphatic rings. The molecule has 1 fully saturated rings. The van der Waals surface area contributed by atoms with E-state index in [0.717, 1.165) is 17.9 Å². The molecule has 3 atom stereocenters. The Morgan fingerprint density at radius 1 is 1.29 bits per heavy atom. The summed E-state index contributed by atoms with van der Waals surface area (Å²) in [5.41, 5.74) is 1.20. The smallest absolute Gasteiger partial charge is 0.135 e. The number of carbonyl (C=O) groups is 1. The predicted octanol–water partition coefficient (Wildman–Crippen LogP) is 3.17. The zero-order valence-corrected chi connectivity index (χ0v) is 10.7. The molecule has 92 valence electrons. The van der Waals surface area contributed by atoms with Crippen LogP contribution in [0.1, 0.15) is 37.7 Å². The van der Waals surface area contributed by atoms with Gasteiger partial charge in [-0.25, -0.2) is 0 Å². The second-order valence-corrected chi connectivity index (χ2v) is 5.28. The van der Waals surface area contributed by atoms with E-state index < -0.39 is 6.10 Å². The zero-order chi connectivity index (χ0) is 12.4. The van der Waals surface area contributed by atoms with Crippen molar-refractivity contribution in [2.24, 2.45) is 5.92 Å². The van der Waals surface area contributed by atoms with Gasteiger partial charge in [0.1, 0.15) is 5.78 Å². The topological polar surface area (TPSA) is 37.3 Å². The van der Waals surface area contributed by atoms with Crippen LogP contribution in [0.5, 0.6) is 0 Å². The first-order valence-corrected chi connectivity index (χ1v) is 6.39. The van der Waals surface area contributed by atoms with Gasteiger partial charge in [-0.15, -0.1) is 0 Å². The van der Waals surface area contributed by atoms with Gasteiger partial charge in [0.15, 0.2) is 0 Å². The third-order valence-electron chi connectivity index (χ3n) is 3.68. The quantitative estimate of drug-likeness (QED) is 0.878. The van der Waals surface area contributed by atoms with Crippen LogP contribution in [-0.2, 0) is 4.79 Å². The molecule has 17 heavy (non-hydrogen) atoms. The number of hydrogen-bond donors (Lipinski definition) is 1. The van der Waals surface area contributed by atoms with E-state index in [1.807, 2.05) is 24.3 Å². The Balaban J connectivity index is 2.06. The molecule has 0 amide bonds. The first kappa shape index (κ1) is 12.6. The van der Waals surface area contributed by atoms with Crippen molar-refractivity contribution in [3.63, 3.8) is 0 Å². The summed E-state index contributed by atoms with van der Waals surface area (Å²) in [5, 5.41) is 10.7. The van der Waals surface area contributed by atoms with Gasteiger partial charge in [0.05, 0.1) is 6.10 Å². The molecule has 0 aliphatic heterocycles. The van der Waals surface area contributed by atoms with Crippen LogP contribution in [0, 0.1) is 5.92 Å². The fraction of sp³-hybridized carbons (Fsp3) is 0.500. The van der Waals surface area contributed by atoms with Crippen molar-refractivity contribution in [3.05, 3.63) is 34.9 Å². The Morgan fingerprint density at radius 3 is 2.47 bits per heavy atom. The average Bonchev–Trinajstić information content (AvgIpc) is 2.29. The summed E-state index contributed by atoms with van der Waals surface area (Å²) in [6.07, 6.45) is 1.92. The fourth-order valence-corrected chi connectivity index (χ4v) is 2.78. The molecule has 1 saturated carbocycles. The summed E-state index contributed by atoms with van der Waals surface area (Å²) in [4.78, 5) is 11.3. The number of benzene rings is 1. The highest BCUT2D eigenvalue weighted by molar-refractivity contribution is 6.30. The van der Waals surface area contributed by atoms with E-state index in [2.05, 4.69) is 0 Å². The molecule has 3 heteroatoms. The number of aliphatic hydroxyl groups is 1. The largest absolute Gasteiger partial charge is 0.392 e. The first-order valence-electron chi connectivity index (χ1n) is 6.02. The van der Waals surface area contributed by atoms with Crippen LogP contribution in [0.15, 0.2) is 24.3 Å². The highest BCUT2D eigenvalue weighted by Gasteiger charge is 2.32. The molecule has 0 saturated heterocycles. The monoisotopic (exact) mass is 252 g/mol. The summed E-state index contributed by atoms with van der Waals surface area (Å²) in [6.45, 7) is 1.57. The van der Waals surface area contributed by atoms with Crippen LogP contribution < -0.4 is 0 Å². The van der Waals surface area contributed by atoms with Crippen molar-refractivity contribution >= 4 is 17.4 Å². The van der Waals surface area contributed by atoms with Crippen molar-refractivity contribution in [2.45, 2.75) is 38.2 Å². The summed E-state index contributed by atoms with van der Waals surface area (Å²) in [7, 11) is 0. The Kier molecular flexibility index (Phi) is 3.85. The number of Topliss-reactive ketones (excluding diaryl/α,β-unsaturated/α-hetero) is 1. The second-order valence-electron chi connectivity index (χ2n) is 4.85. The van der Waals surface area contributed by atoms with Crippen molar-refractivity contribution in [2.75, 3.05) is 0 Å². The Morgan fingerprint density at radius 2 is 1.94 bits per heavy atom. The molecule has 0 bridgehead atoms. The summed E-state index contributed by atoms with van der Waals surface area (Å²) in [6, 6.07) is 7.77. The molecule has 1 aromatic carbocycles. The highest BCUT2D eigenvalue weighted by Crippen LogP contribution is 2.36. The van der Waals surface area contributed by atoms with Gasteiger partial charge in [-0.2, -0.15) is 0 Å². The minimum absolute atomic E-state index is 0.104. The molecule has 0 aromatic heterocycles. The maximum atomic E-state index is 11.3. The van der Waals surface area contributed by atoms with Crippen molar-refractivity contribution in [1.29, 1.82) is 0 Å². The van der Waals surface area contributed by atoms with Crippen molar-refractivity contribution in [3.8, 4) is 0 Å². The Hall–Kier alpha value is -0.860. The Labute approximate surface area is 107 Å². The molecule has 0 spiro atoms. The summed E-state index contributed by atoms with van der Waals surface area (Å²) >= 11 is 5.85. The first-order chi connectivity index (χ1) is 8.08. The van der Waals surface area contributed by atoms with Crippen LogP contribution in [0.25, 0.3) is 0 Å². The lowest BCUT2D eigenvalue weighted by molar-refractivity contribution is -0.125. The number of carbonyl (C=O) groups excluding carboxylic acids is 1. The van der Waals surface area contributed by atoms with E-state index in [0.29, 0.717) is 12.3 Å². The third kappa shape index (κ3) is 2.88. The van der Waals surface area contributed by atoms with E-state index in [1.165, 1.54) is 5.56 Å². The Bertz CT molecular complexity index is 399. The number of aliphatic hydroxyl groups excluding tert-OH is 1. The molecule has 1 aromatic rings. The van der Waals surface area contributed by atoms with E-state index in [4.69, 9.17) is 11.6 Å². The predicted molar refractivity (Wildman–Crippen MR) is 68.2 cm³/mol. The minimum Gasteiger partial charge on any atom is -0.392 e. The normalized spacial score (nSPS) is 29.0. The summed E-state index contributed by atoms with van der Waals surface area (Å²) < 4.78 is 0. The highest BCUT2D eigenvalue weighted by atomic mass is 35.5. The van der Waals surface area contributed by atoms with Gasteiger partial charge in [-0.1, -0.05) is 23.7 Å². The molecular formula is C14H17ClO2. The van der Waals surface area contributed by atoms with Gasteiger partial charge < -0.3 is 5.11 Å². The fourth-order valence-electron chi connectivity index (χ4n) is 2.66. The number of ketones is 1. The van der Waals surface area contributed by atoms with Gasteiger partial charge in [0.25, 0.3) is 0 Å². The van der Waals surface area contributed by atoms with Crippen LogP contribution in [0.3, 0.4) is 0 Å². The van der Waals surface area contributed by atoms with Gasteiger partial charge in [-0.05, 0) is 49.8 Å². The molecule has 0 heterocycles. The SMILES string of the molecule is CC(=O)C1CCC(c2ccc(Cl)cc2)CC1O. The number of halogens is 1. The zero-order valence-electron chi connectivity index (χ0n) is 9.90. The molecule has 1 aliphatic carbocycles. The van der Waals surface area contributed by atoms with E-state index >= 15 is 0 Å². The third-order valence-corrected chi connectivity index (χ3v) is 3.93. The van der Waals surface area contributed by atoms with Crippen molar-refractivity contribution < 1.29 is 9.90 Å². The molecule has 0 radical (unpaired) electrons. The number of rotatable bonds is 2. The van der Waals surface area contributed by atoms with Crippen LogP contribution in [-0.4, -0.2) is 17.0 Å². The van der Waals surface area contributed by atoms with Gasteiger partial charge in [0.2, 0.25) is 0 Å². The van der Waals surface area contributed by atoms with E-state index in [9.17, 15) is 9.90 Å². The maximum Gasteiger partial charge on any atom is 0.135 e. The van der Waals surface area contributed by atoms with Crippen LogP contribution in [0.2, 0.25) is 5.02 Å². The molecule has 2 rings (SSSR count). The lowest BCUT2D eigenvalue weighted by Crippen LogP contribution is -2.32.